The van der Waals surface area contributed by atoms with Gasteiger partial charge in [0.15, 0.2) is 0 Å². The Labute approximate surface area is 150 Å². The zero-order valence-electron chi connectivity index (χ0n) is 14.0. The number of benzene rings is 2. The molecule has 3 aromatic rings. The number of carboxylic acid groups (broad SMARTS) is 1. The second kappa shape index (κ2) is 7.78. The van der Waals surface area contributed by atoms with Gasteiger partial charge >= 0.3 is 5.97 Å². The van der Waals surface area contributed by atoms with Crippen molar-refractivity contribution in [2.45, 2.75) is 19.5 Å². The van der Waals surface area contributed by atoms with Crippen molar-refractivity contribution in [2.24, 2.45) is 0 Å². The van der Waals surface area contributed by atoms with Gasteiger partial charge in [0.2, 0.25) is 0 Å². The van der Waals surface area contributed by atoms with Crippen molar-refractivity contribution in [3.05, 3.63) is 72.1 Å². The zero-order chi connectivity index (χ0) is 18.5. The summed E-state index contributed by atoms with van der Waals surface area (Å²) in [6, 6.07) is 14.0. The van der Waals surface area contributed by atoms with Crippen LogP contribution in [-0.4, -0.2) is 21.2 Å². The number of carboxylic acids is 1. The Morgan fingerprint density at radius 1 is 1.00 bits per heavy atom. The number of phenolic OH excluding ortho intramolecular Hbond substituents is 1. The first-order valence-electron chi connectivity index (χ1n) is 8.22. The number of aromatic nitrogens is 1. The standard InChI is InChI=1S/C21H18FNO3/c22-12-17-10-14(3-6-20(17)16-2-1-9-23-13-16)19-7-5-18(24)11-15(19)4-8-21(25)26/h1-3,5-7,9-11,13,24H,4,8,12H2,(H,25,26). The van der Waals surface area contributed by atoms with E-state index < -0.39 is 12.6 Å². The molecule has 0 amide bonds. The third-order valence-electron chi connectivity index (χ3n) is 4.23. The molecule has 3 rings (SSSR count). The highest BCUT2D eigenvalue weighted by Gasteiger charge is 2.12. The van der Waals surface area contributed by atoms with Crippen molar-refractivity contribution in [3.63, 3.8) is 0 Å². The summed E-state index contributed by atoms with van der Waals surface area (Å²) in [6.07, 6.45) is 3.60. The number of alkyl halides is 1. The Balaban J connectivity index is 2.04. The van der Waals surface area contributed by atoms with E-state index in [1.165, 1.54) is 0 Å². The lowest BCUT2D eigenvalue weighted by Gasteiger charge is -2.13. The third-order valence-corrected chi connectivity index (χ3v) is 4.23. The van der Waals surface area contributed by atoms with Gasteiger partial charge in [0.05, 0.1) is 0 Å². The molecule has 0 saturated carbocycles. The molecule has 0 aliphatic heterocycles. The van der Waals surface area contributed by atoms with Crippen molar-refractivity contribution >= 4 is 5.97 Å². The van der Waals surface area contributed by atoms with Crippen LogP contribution in [0.4, 0.5) is 4.39 Å². The zero-order valence-corrected chi connectivity index (χ0v) is 14.0. The van der Waals surface area contributed by atoms with Crippen LogP contribution in [-0.2, 0) is 17.9 Å². The fourth-order valence-electron chi connectivity index (χ4n) is 2.99. The molecular formula is C21H18FNO3. The molecular weight excluding hydrogens is 333 g/mol. The molecule has 0 unspecified atom stereocenters. The number of aliphatic carboxylic acids is 1. The van der Waals surface area contributed by atoms with Gasteiger partial charge in [-0.3, -0.25) is 9.78 Å². The molecule has 5 heteroatoms. The highest BCUT2D eigenvalue weighted by molar-refractivity contribution is 5.76. The fourth-order valence-corrected chi connectivity index (χ4v) is 2.99. The van der Waals surface area contributed by atoms with E-state index in [0.29, 0.717) is 11.1 Å². The van der Waals surface area contributed by atoms with Gasteiger partial charge in [-0.1, -0.05) is 24.3 Å². The lowest BCUT2D eigenvalue weighted by molar-refractivity contribution is -0.136. The van der Waals surface area contributed by atoms with Gasteiger partial charge < -0.3 is 10.2 Å². The van der Waals surface area contributed by atoms with Crippen LogP contribution in [0.3, 0.4) is 0 Å². The monoisotopic (exact) mass is 351 g/mol. The lowest BCUT2D eigenvalue weighted by atomic mass is 9.92. The van der Waals surface area contributed by atoms with Crippen molar-refractivity contribution in [1.82, 2.24) is 4.98 Å². The summed E-state index contributed by atoms with van der Waals surface area (Å²) in [7, 11) is 0. The lowest BCUT2D eigenvalue weighted by Crippen LogP contribution is -1.99. The Kier molecular flexibility index (Phi) is 5.27. The maximum atomic E-state index is 13.6. The van der Waals surface area contributed by atoms with E-state index in [9.17, 15) is 14.3 Å². The highest BCUT2D eigenvalue weighted by atomic mass is 19.1. The topological polar surface area (TPSA) is 70.4 Å². The minimum atomic E-state index is -0.907. The maximum Gasteiger partial charge on any atom is 0.303 e. The van der Waals surface area contributed by atoms with Gasteiger partial charge in [-0.15, -0.1) is 0 Å². The fraction of sp³-hybridized carbons (Fsp3) is 0.143. The Morgan fingerprint density at radius 2 is 1.77 bits per heavy atom. The molecule has 0 bridgehead atoms. The van der Waals surface area contributed by atoms with Crippen molar-refractivity contribution in [1.29, 1.82) is 0 Å². The second-order valence-electron chi connectivity index (χ2n) is 5.98. The van der Waals surface area contributed by atoms with Crippen LogP contribution in [0.2, 0.25) is 0 Å². The van der Waals surface area contributed by atoms with E-state index in [0.717, 1.165) is 22.3 Å². The summed E-state index contributed by atoms with van der Waals surface area (Å²) >= 11 is 0. The summed E-state index contributed by atoms with van der Waals surface area (Å²) < 4.78 is 13.6. The summed E-state index contributed by atoms with van der Waals surface area (Å²) in [5.41, 5.74) is 4.43. The van der Waals surface area contributed by atoms with E-state index in [-0.39, 0.29) is 18.6 Å². The number of hydrogen-bond donors (Lipinski definition) is 2. The van der Waals surface area contributed by atoms with Crippen molar-refractivity contribution in [3.8, 4) is 28.0 Å². The van der Waals surface area contributed by atoms with Gasteiger partial charge in [-0.25, -0.2) is 4.39 Å². The average molecular weight is 351 g/mol. The summed E-state index contributed by atoms with van der Waals surface area (Å²) in [5, 5.41) is 18.7. The predicted molar refractivity (Wildman–Crippen MR) is 97.5 cm³/mol. The van der Waals surface area contributed by atoms with Gasteiger partial charge in [0, 0.05) is 24.4 Å². The minimum absolute atomic E-state index is 0.0415. The Bertz CT molecular complexity index is 926. The predicted octanol–water partition coefficient (Wildman–Crippen LogP) is 4.61. The van der Waals surface area contributed by atoms with Crippen LogP contribution in [0.1, 0.15) is 17.5 Å². The molecule has 0 atom stereocenters. The quantitative estimate of drug-likeness (QED) is 0.680. The molecule has 0 saturated heterocycles. The summed E-state index contributed by atoms with van der Waals surface area (Å²) in [5.74, 6) is -0.831. The number of carbonyl (C=O) groups is 1. The molecule has 0 aliphatic rings. The molecule has 132 valence electrons. The molecule has 4 nitrogen and oxygen atoms in total. The average Bonchev–Trinajstić information content (AvgIpc) is 2.66. The number of rotatable bonds is 6. The van der Waals surface area contributed by atoms with E-state index in [4.69, 9.17) is 5.11 Å². The molecule has 1 heterocycles. The number of phenols is 1. The van der Waals surface area contributed by atoms with Crippen LogP contribution in [0.5, 0.6) is 5.75 Å². The third kappa shape index (κ3) is 3.88. The van der Waals surface area contributed by atoms with Crippen molar-refractivity contribution < 1.29 is 19.4 Å². The van der Waals surface area contributed by atoms with Gasteiger partial charge in [0.25, 0.3) is 0 Å². The van der Waals surface area contributed by atoms with Crippen molar-refractivity contribution in [2.75, 3.05) is 0 Å². The smallest absolute Gasteiger partial charge is 0.303 e. The van der Waals surface area contributed by atoms with Gasteiger partial charge in [-0.05, 0) is 58.5 Å². The number of nitrogens with zero attached hydrogens (tertiary/aromatic N) is 1. The summed E-state index contributed by atoms with van der Waals surface area (Å²) in [6.45, 7) is -0.624. The van der Waals surface area contributed by atoms with Gasteiger partial charge in [-0.2, -0.15) is 0 Å². The molecule has 0 radical (unpaired) electrons. The summed E-state index contributed by atoms with van der Waals surface area (Å²) in [4.78, 5) is 15.0. The number of hydrogen-bond acceptors (Lipinski definition) is 3. The first-order valence-corrected chi connectivity index (χ1v) is 8.22. The second-order valence-corrected chi connectivity index (χ2v) is 5.98. The highest BCUT2D eigenvalue weighted by Crippen LogP contribution is 2.32. The van der Waals surface area contributed by atoms with Crippen LogP contribution in [0.25, 0.3) is 22.3 Å². The molecule has 0 aliphatic carbocycles. The number of halogens is 1. The van der Waals surface area contributed by atoms with Crippen LogP contribution in [0, 0.1) is 0 Å². The first kappa shape index (κ1) is 17.6. The van der Waals surface area contributed by atoms with Crippen LogP contribution < -0.4 is 0 Å². The number of aryl methyl sites for hydroxylation is 1. The molecule has 1 aromatic heterocycles. The maximum absolute atomic E-state index is 13.6. The molecule has 2 aromatic carbocycles. The van der Waals surface area contributed by atoms with Crippen LogP contribution >= 0.6 is 0 Å². The normalized spacial score (nSPS) is 10.7. The molecule has 0 spiro atoms. The number of pyridine rings is 1. The van der Waals surface area contributed by atoms with Gasteiger partial charge in [0.1, 0.15) is 12.4 Å². The molecule has 0 fully saturated rings. The van der Waals surface area contributed by atoms with E-state index in [2.05, 4.69) is 4.98 Å². The SMILES string of the molecule is O=C(O)CCc1cc(O)ccc1-c1ccc(-c2cccnc2)c(CF)c1. The Morgan fingerprint density at radius 3 is 2.46 bits per heavy atom. The first-order chi connectivity index (χ1) is 12.6. The Hall–Kier alpha value is -3.21. The van der Waals surface area contributed by atoms with E-state index >= 15 is 0 Å². The van der Waals surface area contributed by atoms with Crippen LogP contribution in [0.15, 0.2) is 60.9 Å². The molecule has 26 heavy (non-hydrogen) atoms. The number of aromatic hydroxyl groups is 1. The molecule has 2 N–H and O–H groups in total. The minimum Gasteiger partial charge on any atom is -0.508 e. The van der Waals surface area contributed by atoms with E-state index in [1.807, 2.05) is 18.2 Å². The largest absolute Gasteiger partial charge is 0.508 e. The van der Waals surface area contributed by atoms with E-state index in [1.54, 1.807) is 42.7 Å².